The zero-order valence-electron chi connectivity index (χ0n) is 18.0. The van der Waals surface area contributed by atoms with Crippen LogP contribution >= 0.6 is 11.3 Å². The molecular weight excluding hydrogens is 408 g/mol. The number of pyridine rings is 1. The molecule has 7 nitrogen and oxygen atoms in total. The van der Waals surface area contributed by atoms with Gasteiger partial charge in [-0.1, -0.05) is 36.5 Å². The first-order chi connectivity index (χ1) is 14.9. The number of aryl methyl sites for hydroxylation is 1. The second kappa shape index (κ2) is 7.69. The maximum absolute atomic E-state index is 12.9. The third-order valence-electron chi connectivity index (χ3n) is 6.34. The third kappa shape index (κ3) is 3.59. The van der Waals surface area contributed by atoms with Crippen molar-refractivity contribution in [3.63, 3.8) is 0 Å². The number of rotatable bonds is 4. The fourth-order valence-corrected chi connectivity index (χ4v) is 5.14. The normalized spacial score (nSPS) is 17.1. The minimum absolute atomic E-state index is 0.0737. The number of nitrogens with one attached hydrogen (secondary N) is 2. The van der Waals surface area contributed by atoms with Gasteiger partial charge in [0.2, 0.25) is 5.91 Å². The number of thiazole rings is 1. The van der Waals surface area contributed by atoms with Crippen molar-refractivity contribution in [1.82, 2.24) is 30.2 Å². The van der Waals surface area contributed by atoms with E-state index in [0.717, 1.165) is 63.4 Å². The largest absolute Gasteiger partial charge is 0.349 e. The second-order valence-corrected chi connectivity index (χ2v) is 9.63. The number of benzene rings is 1. The topological polar surface area (TPSA) is 84.7 Å². The molecule has 2 N–H and O–H groups in total. The summed E-state index contributed by atoms with van der Waals surface area (Å²) in [4.78, 5) is 27.7. The van der Waals surface area contributed by atoms with Crippen LogP contribution in [0, 0.1) is 5.41 Å². The molecule has 1 aromatic carbocycles. The van der Waals surface area contributed by atoms with Crippen molar-refractivity contribution in [2.24, 2.45) is 12.5 Å². The van der Waals surface area contributed by atoms with Crippen LogP contribution in [-0.4, -0.2) is 38.5 Å². The summed E-state index contributed by atoms with van der Waals surface area (Å²) in [5.41, 5.74) is 4.53. The van der Waals surface area contributed by atoms with E-state index >= 15 is 0 Å². The van der Waals surface area contributed by atoms with Gasteiger partial charge in [-0.2, -0.15) is 0 Å². The lowest BCUT2D eigenvalue weighted by Crippen LogP contribution is -2.46. The van der Waals surface area contributed by atoms with Crippen LogP contribution in [0.1, 0.15) is 38.3 Å². The number of amides is 1. The number of piperidine rings is 1. The van der Waals surface area contributed by atoms with E-state index in [1.807, 2.05) is 24.6 Å². The molecule has 1 aliphatic rings. The Morgan fingerprint density at radius 2 is 2.10 bits per heavy atom. The Balaban J connectivity index is 1.43. The molecule has 3 aromatic heterocycles. The van der Waals surface area contributed by atoms with E-state index in [2.05, 4.69) is 45.7 Å². The Hall–Kier alpha value is -2.84. The summed E-state index contributed by atoms with van der Waals surface area (Å²) >= 11 is 1.58. The zero-order valence-corrected chi connectivity index (χ0v) is 18.8. The molecule has 1 amide bonds. The van der Waals surface area contributed by atoms with Crippen molar-refractivity contribution in [2.45, 2.75) is 32.7 Å². The maximum Gasteiger partial charge on any atom is 0.226 e. The van der Waals surface area contributed by atoms with Crippen molar-refractivity contribution in [1.29, 1.82) is 0 Å². The number of carbonyl (C=O) groups is 1. The lowest BCUT2D eigenvalue weighted by atomic mass is 9.80. The molecule has 1 fully saturated rings. The highest BCUT2D eigenvalue weighted by Gasteiger charge is 2.35. The van der Waals surface area contributed by atoms with E-state index in [0.29, 0.717) is 0 Å². The number of aromatic nitrogens is 4. The van der Waals surface area contributed by atoms with E-state index in [4.69, 9.17) is 4.98 Å². The van der Waals surface area contributed by atoms with E-state index in [1.165, 1.54) is 0 Å². The second-order valence-electron chi connectivity index (χ2n) is 8.65. The highest BCUT2D eigenvalue weighted by Crippen LogP contribution is 2.34. The van der Waals surface area contributed by atoms with Crippen LogP contribution in [-0.2, 0) is 11.8 Å². The molecule has 160 valence electrons. The monoisotopic (exact) mass is 434 g/mol. The van der Waals surface area contributed by atoms with E-state index in [-0.39, 0.29) is 17.4 Å². The predicted molar refractivity (Wildman–Crippen MR) is 124 cm³/mol. The fraction of sp³-hybridized carbons (Fsp3) is 0.391. The average Bonchev–Trinajstić information content (AvgIpc) is 3.37. The zero-order chi connectivity index (χ0) is 21.6. The molecule has 0 aliphatic carbocycles. The molecule has 8 heteroatoms. The molecule has 0 saturated carbocycles. The Kier molecular flexibility index (Phi) is 4.98. The van der Waals surface area contributed by atoms with Crippen LogP contribution in [0.2, 0.25) is 0 Å². The summed E-state index contributed by atoms with van der Waals surface area (Å²) in [5.74, 6) is 0.134. The molecule has 0 bridgehead atoms. The van der Waals surface area contributed by atoms with E-state index in [1.54, 1.807) is 23.9 Å². The maximum atomic E-state index is 12.9. The van der Waals surface area contributed by atoms with Crippen LogP contribution in [0.3, 0.4) is 0 Å². The Morgan fingerprint density at radius 3 is 2.90 bits per heavy atom. The number of imidazole rings is 1. The number of nitrogens with zero attached hydrogens (tertiary/aromatic N) is 4. The van der Waals surface area contributed by atoms with Crippen molar-refractivity contribution in [3.8, 4) is 10.6 Å². The van der Waals surface area contributed by atoms with Gasteiger partial charge in [-0.15, -0.1) is 0 Å². The highest BCUT2D eigenvalue weighted by molar-refractivity contribution is 7.21. The molecule has 4 heterocycles. The van der Waals surface area contributed by atoms with Gasteiger partial charge in [0.25, 0.3) is 0 Å². The standard InChI is InChI=1S/C23H26N6OS/c1-14(27-22(30)23(2)7-9-24-10-8-23)15-5-4-6-16(11-15)20-28-18-19-17(26-13-29(19)3)12-25-21(18)31-20/h4-6,11-14,24H,7-10H2,1-3H3,(H,27,30)/t14-/m0/s1. The van der Waals surface area contributed by atoms with Crippen molar-refractivity contribution in [2.75, 3.05) is 13.1 Å². The lowest BCUT2D eigenvalue weighted by molar-refractivity contribution is -0.132. The Bertz CT molecular complexity index is 1270. The number of hydrogen-bond acceptors (Lipinski definition) is 6. The first-order valence-electron chi connectivity index (χ1n) is 10.6. The van der Waals surface area contributed by atoms with E-state index < -0.39 is 0 Å². The molecule has 5 rings (SSSR count). The van der Waals surface area contributed by atoms with Crippen LogP contribution in [0.5, 0.6) is 0 Å². The SMILES string of the molecule is C[C@H](NC(=O)C1(C)CCNCC1)c1cccc(-c2nc3c(ncc4ncn(C)c43)s2)c1. The van der Waals surface area contributed by atoms with Gasteiger partial charge < -0.3 is 15.2 Å². The van der Waals surface area contributed by atoms with Gasteiger partial charge >= 0.3 is 0 Å². The van der Waals surface area contributed by atoms with Gasteiger partial charge in [0.1, 0.15) is 20.9 Å². The van der Waals surface area contributed by atoms with Gasteiger partial charge in [-0.05, 0) is 44.5 Å². The smallest absolute Gasteiger partial charge is 0.226 e. The van der Waals surface area contributed by atoms with Crippen LogP contribution in [0.15, 0.2) is 36.8 Å². The molecule has 0 radical (unpaired) electrons. The van der Waals surface area contributed by atoms with Gasteiger partial charge in [0.05, 0.1) is 24.1 Å². The van der Waals surface area contributed by atoms with Gasteiger partial charge in [0.15, 0.2) is 0 Å². The van der Waals surface area contributed by atoms with Crippen molar-refractivity contribution in [3.05, 3.63) is 42.4 Å². The van der Waals surface area contributed by atoms with Crippen molar-refractivity contribution >= 4 is 38.6 Å². The summed E-state index contributed by atoms with van der Waals surface area (Å²) in [6.45, 7) is 5.90. The van der Waals surface area contributed by atoms with E-state index in [9.17, 15) is 4.79 Å². The summed E-state index contributed by atoms with van der Waals surface area (Å²) < 4.78 is 1.98. The first kappa shape index (κ1) is 20.1. The molecule has 1 atom stereocenters. The Morgan fingerprint density at radius 1 is 1.29 bits per heavy atom. The summed E-state index contributed by atoms with van der Waals surface area (Å²) in [6.07, 6.45) is 5.33. The third-order valence-corrected chi connectivity index (χ3v) is 7.35. The van der Waals surface area contributed by atoms with Crippen LogP contribution < -0.4 is 10.6 Å². The predicted octanol–water partition coefficient (Wildman–Crippen LogP) is 3.81. The molecule has 1 aliphatic heterocycles. The molecule has 1 saturated heterocycles. The molecule has 4 aromatic rings. The minimum atomic E-state index is -0.301. The Labute approximate surface area is 184 Å². The lowest BCUT2D eigenvalue weighted by Gasteiger charge is -2.33. The minimum Gasteiger partial charge on any atom is -0.349 e. The first-order valence-corrected chi connectivity index (χ1v) is 11.4. The summed E-state index contributed by atoms with van der Waals surface area (Å²) in [7, 11) is 1.97. The average molecular weight is 435 g/mol. The van der Waals surface area contributed by atoms with Gasteiger partial charge in [0, 0.05) is 18.0 Å². The molecule has 31 heavy (non-hydrogen) atoms. The fourth-order valence-electron chi connectivity index (χ4n) is 4.23. The van der Waals surface area contributed by atoms with Crippen LogP contribution in [0.4, 0.5) is 0 Å². The summed E-state index contributed by atoms with van der Waals surface area (Å²) in [6, 6.07) is 8.19. The number of carbonyl (C=O) groups excluding carboxylic acids is 1. The molecule has 0 spiro atoms. The quantitative estimate of drug-likeness (QED) is 0.510. The molecular formula is C23H26N6OS. The molecule has 0 unspecified atom stereocenters. The van der Waals surface area contributed by atoms with Crippen molar-refractivity contribution < 1.29 is 4.79 Å². The summed E-state index contributed by atoms with van der Waals surface area (Å²) in [5, 5.41) is 7.48. The van der Waals surface area contributed by atoms with Gasteiger partial charge in [-0.25, -0.2) is 15.0 Å². The highest BCUT2D eigenvalue weighted by atomic mass is 32.1. The van der Waals surface area contributed by atoms with Crippen LogP contribution in [0.25, 0.3) is 32.0 Å². The number of hydrogen-bond donors (Lipinski definition) is 2. The van der Waals surface area contributed by atoms with Gasteiger partial charge in [-0.3, -0.25) is 4.79 Å². The number of fused-ring (bicyclic) bond motifs is 3.